The first-order valence-electron chi connectivity index (χ1n) is 7.65. The Morgan fingerprint density at radius 3 is 2.43 bits per heavy atom. The molecule has 23 heavy (non-hydrogen) atoms. The van der Waals surface area contributed by atoms with Gasteiger partial charge in [-0.2, -0.15) is 0 Å². The van der Waals surface area contributed by atoms with E-state index in [0.717, 1.165) is 17.7 Å². The zero-order valence-electron chi connectivity index (χ0n) is 12.6. The number of nitrogens with zero attached hydrogens (tertiary/aromatic N) is 2. The van der Waals surface area contributed by atoms with Gasteiger partial charge in [0.05, 0.1) is 0 Å². The lowest BCUT2D eigenvalue weighted by atomic mass is 9.97. The number of hydrogen-bond acceptors (Lipinski definition) is 5. The van der Waals surface area contributed by atoms with E-state index in [-0.39, 0.29) is 24.7 Å². The highest BCUT2D eigenvalue weighted by Crippen LogP contribution is 2.26. The summed E-state index contributed by atoms with van der Waals surface area (Å²) in [5, 5.41) is 2.17. The Morgan fingerprint density at radius 2 is 1.83 bits per heavy atom. The zero-order valence-corrected chi connectivity index (χ0v) is 12.6. The van der Waals surface area contributed by atoms with Crippen LogP contribution in [0.3, 0.4) is 0 Å². The first-order valence-corrected chi connectivity index (χ1v) is 7.65. The van der Waals surface area contributed by atoms with Crippen LogP contribution in [0.25, 0.3) is 0 Å². The van der Waals surface area contributed by atoms with Crippen molar-refractivity contribution in [2.24, 2.45) is 5.92 Å². The largest absolute Gasteiger partial charge is 0.367 e. The normalized spacial score (nSPS) is 26.2. The number of terminal acetylenes is 1. The minimum atomic E-state index is -0.912. The van der Waals surface area contributed by atoms with Gasteiger partial charge in [0.1, 0.15) is 11.7 Å². The van der Waals surface area contributed by atoms with Gasteiger partial charge < -0.3 is 4.90 Å². The Kier molecular flexibility index (Phi) is 3.90. The molecule has 0 aromatic rings. The van der Waals surface area contributed by atoms with Crippen LogP contribution in [-0.4, -0.2) is 52.6 Å². The molecular formula is C16H17N3O4. The molecule has 120 valence electrons. The summed E-state index contributed by atoms with van der Waals surface area (Å²) in [6.07, 6.45) is 8.53. The van der Waals surface area contributed by atoms with Crippen LogP contribution in [0.5, 0.6) is 0 Å². The van der Waals surface area contributed by atoms with Crippen LogP contribution < -0.4 is 5.32 Å². The molecule has 3 aliphatic rings. The third-order valence-corrected chi connectivity index (χ3v) is 4.53. The topological polar surface area (TPSA) is 86.8 Å². The molecule has 2 saturated heterocycles. The van der Waals surface area contributed by atoms with E-state index in [0.29, 0.717) is 18.8 Å². The Morgan fingerprint density at radius 1 is 1.13 bits per heavy atom. The van der Waals surface area contributed by atoms with E-state index in [1.807, 2.05) is 4.90 Å². The van der Waals surface area contributed by atoms with Crippen LogP contribution in [-0.2, 0) is 19.2 Å². The lowest BCUT2D eigenvalue weighted by molar-refractivity contribution is -0.150. The lowest BCUT2D eigenvalue weighted by Gasteiger charge is -2.33. The molecule has 3 heterocycles. The second-order valence-electron chi connectivity index (χ2n) is 5.94. The zero-order chi connectivity index (χ0) is 16.6. The predicted molar refractivity (Wildman–Crippen MR) is 79.2 cm³/mol. The monoisotopic (exact) mass is 315 g/mol. The van der Waals surface area contributed by atoms with Gasteiger partial charge in [-0.05, 0) is 19.3 Å². The number of imide groups is 2. The van der Waals surface area contributed by atoms with E-state index in [9.17, 15) is 19.2 Å². The van der Waals surface area contributed by atoms with Crippen LogP contribution in [0.4, 0.5) is 0 Å². The molecular weight excluding hydrogens is 298 g/mol. The molecule has 7 nitrogen and oxygen atoms in total. The maximum Gasteiger partial charge on any atom is 0.277 e. The van der Waals surface area contributed by atoms with E-state index in [4.69, 9.17) is 6.42 Å². The molecule has 3 rings (SSSR count). The van der Waals surface area contributed by atoms with Crippen molar-refractivity contribution in [2.45, 2.75) is 31.7 Å². The molecule has 1 atom stereocenters. The van der Waals surface area contributed by atoms with Crippen LogP contribution in [0, 0.1) is 18.3 Å². The highest BCUT2D eigenvalue weighted by Gasteiger charge is 2.43. The molecule has 0 radical (unpaired) electrons. The molecule has 3 aliphatic heterocycles. The average molecular weight is 315 g/mol. The van der Waals surface area contributed by atoms with Gasteiger partial charge in [-0.15, -0.1) is 12.3 Å². The van der Waals surface area contributed by atoms with Gasteiger partial charge in [0.2, 0.25) is 11.8 Å². The quantitative estimate of drug-likeness (QED) is 0.543. The number of rotatable bonds is 2. The highest BCUT2D eigenvalue weighted by atomic mass is 16.2. The molecule has 0 spiro atoms. The van der Waals surface area contributed by atoms with Gasteiger partial charge in [-0.25, -0.2) is 0 Å². The van der Waals surface area contributed by atoms with Crippen LogP contribution in [0.15, 0.2) is 11.8 Å². The summed E-state index contributed by atoms with van der Waals surface area (Å²) >= 11 is 0. The minimum absolute atomic E-state index is 0.121. The van der Waals surface area contributed by atoms with Crippen molar-refractivity contribution >= 4 is 23.6 Å². The minimum Gasteiger partial charge on any atom is -0.367 e. The average Bonchev–Trinajstić information content (AvgIpc) is 2.83. The van der Waals surface area contributed by atoms with Crippen molar-refractivity contribution in [2.75, 3.05) is 13.1 Å². The second kappa shape index (κ2) is 5.88. The van der Waals surface area contributed by atoms with Gasteiger partial charge in [-0.3, -0.25) is 29.4 Å². The van der Waals surface area contributed by atoms with Crippen molar-refractivity contribution in [3.63, 3.8) is 0 Å². The molecule has 0 bridgehead atoms. The highest BCUT2D eigenvalue weighted by molar-refractivity contribution is 6.18. The fourth-order valence-corrected chi connectivity index (χ4v) is 3.21. The Balaban J connectivity index is 1.72. The Bertz CT molecular complexity index is 653. The van der Waals surface area contributed by atoms with Crippen LogP contribution >= 0.6 is 0 Å². The van der Waals surface area contributed by atoms with E-state index in [1.54, 1.807) is 0 Å². The van der Waals surface area contributed by atoms with Crippen LogP contribution in [0.2, 0.25) is 0 Å². The molecule has 0 aliphatic carbocycles. The second-order valence-corrected chi connectivity index (χ2v) is 5.94. The standard InChI is InChI=1S/C16H17N3O4/c1-2-10-5-7-18(8-6-10)12-9-14(21)19(16(12)23)11-3-4-13(20)17-15(11)22/h1,9-11H,3-8H2,(H,17,20,22). The summed E-state index contributed by atoms with van der Waals surface area (Å²) in [7, 11) is 0. The molecule has 0 saturated carbocycles. The van der Waals surface area contributed by atoms with Crippen molar-refractivity contribution in [1.29, 1.82) is 0 Å². The first kappa shape index (κ1) is 15.3. The summed E-state index contributed by atoms with van der Waals surface area (Å²) < 4.78 is 0. The van der Waals surface area contributed by atoms with Gasteiger partial charge in [0.25, 0.3) is 11.8 Å². The molecule has 0 aromatic carbocycles. The molecule has 2 fully saturated rings. The number of likely N-dealkylation sites (tertiary alicyclic amines) is 1. The number of piperidine rings is 2. The fraction of sp³-hybridized carbons (Fsp3) is 0.500. The van der Waals surface area contributed by atoms with Crippen molar-refractivity contribution in [1.82, 2.24) is 15.1 Å². The maximum atomic E-state index is 12.6. The Labute approximate surface area is 133 Å². The maximum absolute atomic E-state index is 12.6. The number of carbonyl (C=O) groups is 4. The summed E-state index contributed by atoms with van der Waals surface area (Å²) in [6.45, 7) is 1.23. The van der Waals surface area contributed by atoms with E-state index in [2.05, 4.69) is 11.2 Å². The van der Waals surface area contributed by atoms with Gasteiger partial charge >= 0.3 is 0 Å². The van der Waals surface area contributed by atoms with E-state index < -0.39 is 23.8 Å². The summed E-state index contributed by atoms with van der Waals surface area (Å²) in [5.41, 5.74) is 0.315. The van der Waals surface area contributed by atoms with Gasteiger partial charge in [0, 0.05) is 31.5 Å². The van der Waals surface area contributed by atoms with Gasteiger partial charge in [-0.1, -0.05) is 0 Å². The van der Waals surface area contributed by atoms with Crippen molar-refractivity contribution in [3.05, 3.63) is 11.8 Å². The summed E-state index contributed by atoms with van der Waals surface area (Å²) in [6, 6.07) is -0.912. The number of nitrogens with one attached hydrogen (secondary N) is 1. The Hall–Kier alpha value is -2.62. The smallest absolute Gasteiger partial charge is 0.277 e. The first-order chi connectivity index (χ1) is 11.0. The van der Waals surface area contributed by atoms with Crippen molar-refractivity contribution < 1.29 is 19.2 Å². The third kappa shape index (κ3) is 2.72. The third-order valence-electron chi connectivity index (χ3n) is 4.53. The van der Waals surface area contributed by atoms with E-state index in [1.165, 1.54) is 6.08 Å². The number of carbonyl (C=O) groups excluding carboxylic acids is 4. The van der Waals surface area contributed by atoms with E-state index >= 15 is 0 Å². The SMILES string of the molecule is C#CC1CCN(C2=CC(=O)N(C3CCC(=O)NC3=O)C2=O)CC1. The fourth-order valence-electron chi connectivity index (χ4n) is 3.21. The predicted octanol–water partition coefficient (Wildman–Crippen LogP) is -0.610. The molecule has 4 amide bonds. The van der Waals surface area contributed by atoms with Crippen molar-refractivity contribution in [3.8, 4) is 12.3 Å². The summed E-state index contributed by atoms with van der Waals surface area (Å²) in [5.74, 6) is 0.968. The molecule has 7 heteroatoms. The summed E-state index contributed by atoms with van der Waals surface area (Å²) in [4.78, 5) is 50.7. The molecule has 1 unspecified atom stereocenters. The number of amides is 4. The van der Waals surface area contributed by atoms with Gasteiger partial charge in [0.15, 0.2) is 0 Å². The molecule has 0 aromatic heterocycles. The lowest BCUT2D eigenvalue weighted by Crippen LogP contribution is -2.55. The van der Waals surface area contributed by atoms with Crippen LogP contribution in [0.1, 0.15) is 25.7 Å². The molecule has 1 N–H and O–H groups in total. The number of hydrogen-bond donors (Lipinski definition) is 1.